The molecule has 0 spiro atoms. The summed E-state index contributed by atoms with van der Waals surface area (Å²) in [6.45, 7) is 5.40. The Bertz CT molecular complexity index is 1080. The molecular formula is C20H21F3N4O2. The van der Waals surface area contributed by atoms with E-state index in [0.717, 1.165) is 11.6 Å². The smallest absolute Gasteiger partial charge is 0.417 e. The van der Waals surface area contributed by atoms with Gasteiger partial charge in [0.25, 0.3) is 0 Å². The number of halogens is 3. The van der Waals surface area contributed by atoms with Crippen molar-refractivity contribution in [2.24, 2.45) is 0 Å². The molecule has 3 aromatic rings. The number of rotatable bonds is 4. The second kappa shape index (κ2) is 7.14. The Morgan fingerprint density at radius 3 is 2.83 bits per heavy atom. The third kappa shape index (κ3) is 3.46. The average Bonchev–Trinajstić information content (AvgIpc) is 2.96. The second-order valence-electron chi connectivity index (χ2n) is 6.97. The first kappa shape index (κ1) is 19.4. The first-order chi connectivity index (χ1) is 13.8. The van der Waals surface area contributed by atoms with Crippen LogP contribution in [0, 0.1) is 6.92 Å². The van der Waals surface area contributed by atoms with Gasteiger partial charge in [0, 0.05) is 42.6 Å². The molecule has 1 aliphatic heterocycles. The van der Waals surface area contributed by atoms with Crippen LogP contribution in [0.4, 0.5) is 24.5 Å². The maximum Gasteiger partial charge on any atom is 0.417 e. The molecule has 3 heterocycles. The Kier molecular flexibility index (Phi) is 4.77. The Morgan fingerprint density at radius 1 is 1.31 bits per heavy atom. The van der Waals surface area contributed by atoms with E-state index in [9.17, 15) is 18.3 Å². The average molecular weight is 406 g/mol. The lowest BCUT2D eigenvalue weighted by Crippen LogP contribution is -2.27. The maximum absolute atomic E-state index is 13.8. The molecule has 6 nitrogen and oxygen atoms in total. The van der Waals surface area contributed by atoms with Crippen molar-refractivity contribution in [3.63, 3.8) is 0 Å². The van der Waals surface area contributed by atoms with Gasteiger partial charge in [-0.1, -0.05) is 0 Å². The van der Waals surface area contributed by atoms with Crippen LogP contribution in [-0.4, -0.2) is 27.8 Å². The zero-order valence-electron chi connectivity index (χ0n) is 16.0. The van der Waals surface area contributed by atoms with Gasteiger partial charge in [0.05, 0.1) is 17.6 Å². The van der Waals surface area contributed by atoms with Crippen LogP contribution >= 0.6 is 0 Å². The van der Waals surface area contributed by atoms with Gasteiger partial charge < -0.3 is 25.0 Å². The van der Waals surface area contributed by atoms with Crippen molar-refractivity contribution in [3.05, 3.63) is 41.2 Å². The standard InChI is InChI=1S/C20H21F3N4O2/c1-3-29-18-15(6-11(2)9-25-18)26-12-7-13-16-10-24-4-5-27(16)19(28)17(13)14(8-12)20(21,22)23/h6-9,24,26,28H,3-5,10H2,1-2H3. The predicted octanol–water partition coefficient (Wildman–Crippen LogP) is 4.31. The summed E-state index contributed by atoms with van der Waals surface area (Å²) in [5, 5.41) is 16.9. The van der Waals surface area contributed by atoms with E-state index in [1.165, 1.54) is 0 Å². The van der Waals surface area contributed by atoms with Gasteiger partial charge in [-0.05, 0) is 37.6 Å². The fourth-order valence-electron chi connectivity index (χ4n) is 3.70. The highest BCUT2D eigenvalue weighted by atomic mass is 19.4. The Morgan fingerprint density at radius 2 is 2.10 bits per heavy atom. The number of nitrogens with one attached hydrogen (secondary N) is 2. The molecule has 0 fully saturated rings. The van der Waals surface area contributed by atoms with Gasteiger partial charge in [-0.15, -0.1) is 0 Å². The van der Waals surface area contributed by atoms with Gasteiger partial charge in [-0.2, -0.15) is 13.2 Å². The molecule has 0 saturated heterocycles. The summed E-state index contributed by atoms with van der Waals surface area (Å²) < 4.78 is 48.6. The number of benzene rings is 1. The largest absolute Gasteiger partial charge is 0.494 e. The fourth-order valence-corrected chi connectivity index (χ4v) is 3.70. The molecule has 29 heavy (non-hydrogen) atoms. The first-order valence-corrected chi connectivity index (χ1v) is 9.32. The summed E-state index contributed by atoms with van der Waals surface area (Å²) >= 11 is 0. The Hall–Kier alpha value is -2.94. The summed E-state index contributed by atoms with van der Waals surface area (Å²) in [6, 6.07) is 4.41. The molecule has 2 aromatic heterocycles. The van der Waals surface area contributed by atoms with Crippen LogP contribution < -0.4 is 15.4 Å². The number of aromatic hydroxyl groups is 1. The van der Waals surface area contributed by atoms with Crippen molar-refractivity contribution in [2.45, 2.75) is 33.1 Å². The number of alkyl halides is 3. The van der Waals surface area contributed by atoms with E-state index in [1.54, 1.807) is 22.9 Å². The lowest BCUT2D eigenvalue weighted by atomic mass is 10.0. The quantitative estimate of drug-likeness (QED) is 0.602. The number of aryl methyl sites for hydroxylation is 1. The van der Waals surface area contributed by atoms with Crippen molar-refractivity contribution < 1.29 is 23.0 Å². The molecule has 0 aliphatic carbocycles. The van der Waals surface area contributed by atoms with Crippen LogP contribution in [-0.2, 0) is 19.3 Å². The zero-order chi connectivity index (χ0) is 20.8. The molecule has 3 N–H and O–H groups in total. The molecule has 0 atom stereocenters. The fraction of sp³-hybridized carbons (Fsp3) is 0.350. The van der Waals surface area contributed by atoms with E-state index >= 15 is 0 Å². The second-order valence-corrected chi connectivity index (χ2v) is 6.97. The summed E-state index contributed by atoms with van der Waals surface area (Å²) in [4.78, 5) is 4.21. The number of anilines is 2. The molecule has 1 aliphatic rings. The van der Waals surface area contributed by atoms with Gasteiger partial charge in [0.15, 0.2) is 5.88 Å². The number of ether oxygens (including phenoxy) is 1. The van der Waals surface area contributed by atoms with Crippen molar-refractivity contribution in [3.8, 4) is 11.8 Å². The van der Waals surface area contributed by atoms with Crippen LogP contribution in [0.1, 0.15) is 23.7 Å². The van der Waals surface area contributed by atoms with Crippen LogP contribution in [0.15, 0.2) is 24.4 Å². The van der Waals surface area contributed by atoms with E-state index in [0.29, 0.717) is 48.9 Å². The van der Waals surface area contributed by atoms with E-state index in [4.69, 9.17) is 4.74 Å². The topological polar surface area (TPSA) is 71.3 Å². The molecule has 1 aromatic carbocycles. The van der Waals surface area contributed by atoms with Gasteiger partial charge in [-0.25, -0.2) is 4.98 Å². The van der Waals surface area contributed by atoms with Crippen molar-refractivity contribution >= 4 is 22.1 Å². The number of pyridine rings is 1. The van der Waals surface area contributed by atoms with Crippen LogP contribution in [0.2, 0.25) is 0 Å². The lowest BCUT2D eigenvalue weighted by molar-refractivity contribution is -0.136. The van der Waals surface area contributed by atoms with Crippen LogP contribution in [0.25, 0.3) is 10.8 Å². The third-order valence-corrected chi connectivity index (χ3v) is 4.91. The first-order valence-electron chi connectivity index (χ1n) is 9.32. The number of nitrogens with zero attached hydrogens (tertiary/aromatic N) is 2. The Labute approximate surface area is 165 Å². The van der Waals surface area contributed by atoms with E-state index in [1.807, 2.05) is 13.8 Å². The molecule has 0 bridgehead atoms. The highest BCUT2D eigenvalue weighted by Gasteiger charge is 2.36. The molecule has 0 amide bonds. The number of hydrogen-bond donors (Lipinski definition) is 3. The normalized spacial score (nSPS) is 14.1. The predicted molar refractivity (Wildman–Crippen MR) is 104 cm³/mol. The molecule has 154 valence electrons. The minimum atomic E-state index is -4.62. The van der Waals surface area contributed by atoms with Gasteiger partial charge in [-0.3, -0.25) is 0 Å². The van der Waals surface area contributed by atoms with E-state index in [2.05, 4.69) is 15.6 Å². The van der Waals surface area contributed by atoms with Crippen LogP contribution in [0.3, 0.4) is 0 Å². The van der Waals surface area contributed by atoms with Crippen LogP contribution in [0.5, 0.6) is 11.8 Å². The van der Waals surface area contributed by atoms with Gasteiger partial charge in [0.2, 0.25) is 5.88 Å². The molecule has 0 saturated carbocycles. The molecule has 9 heteroatoms. The SMILES string of the molecule is CCOc1ncc(C)cc1Nc1cc(C(F)(F)F)c2c(O)n3c(c2c1)CNCC3. The number of aromatic nitrogens is 2. The van der Waals surface area contributed by atoms with Gasteiger partial charge in [0.1, 0.15) is 5.69 Å². The van der Waals surface area contributed by atoms with Crippen molar-refractivity contribution in [2.75, 3.05) is 18.5 Å². The molecule has 0 unspecified atom stereocenters. The summed E-state index contributed by atoms with van der Waals surface area (Å²) in [7, 11) is 0. The summed E-state index contributed by atoms with van der Waals surface area (Å²) in [5.74, 6) is -0.0298. The molecule has 0 radical (unpaired) electrons. The molecular weight excluding hydrogens is 385 g/mol. The van der Waals surface area contributed by atoms with Crippen molar-refractivity contribution in [1.82, 2.24) is 14.9 Å². The van der Waals surface area contributed by atoms with E-state index in [-0.39, 0.29) is 17.0 Å². The highest BCUT2D eigenvalue weighted by Crippen LogP contribution is 2.44. The monoisotopic (exact) mass is 406 g/mol. The number of fused-ring (bicyclic) bond motifs is 3. The highest BCUT2D eigenvalue weighted by molar-refractivity contribution is 5.97. The Balaban J connectivity index is 1.90. The van der Waals surface area contributed by atoms with E-state index < -0.39 is 11.7 Å². The minimum absolute atomic E-state index is 0.172. The summed E-state index contributed by atoms with van der Waals surface area (Å²) in [5.41, 5.74) is 1.32. The minimum Gasteiger partial charge on any atom is -0.494 e. The number of hydrogen-bond acceptors (Lipinski definition) is 5. The zero-order valence-corrected chi connectivity index (χ0v) is 16.0. The van der Waals surface area contributed by atoms with Crippen molar-refractivity contribution in [1.29, 1.82) is 0 Å². The summed E-state index contributed by atoms with van der Waals surface area (Å²) in [6.07, 6.45) is -2.99. The molecule has 4 rings (SSSR count). The maximum atomic E-state index is 13.8. The lowest BCUT2D eigenvalue weighted by Gasteiger charge is -2.17. The van der Waals surface area contributed by atoms with Gasteiger partial charge >= 0.3 is 6.18 Å². The third-order valence-electron chi connectivity index (χ3n) is 4.91.